The number of hydrogen-bond donors (Lipinski definition) is 1. The molecule has 1 rings (SSSR count). The maximum absolute atomic E-state index is 5.99. The number of rotatable bonds is 6. The van der Waals surface area contributed by atoms with Crippen molar-refractivity contribution in [1.29, 1.82) is 0 Å². The minimum atomic E-state index is -0.136. The first-order valence-electron chi connectivity index (χ1n) is 5.34. The van der Waals surface area contributed by atoms with Gasteiger partial charge in [0.15, 0.2) is 5.82 Å². The van der Waals surface area contributed by atoms with Crippen molar-refractivity contribution < 1.29 is 4.52 Å². The Morgan fingerprint density at radius 3 is 2.80 bits per heavy atom. The fourth-order valence-corrected chi connectivity index (χ4v) is 1.66. The summed E-state index contributed by atoms with van der Waals surface area (Å²) in [6.45, 7) is 6.31. The van der Waals surface area contributed by atoms with Crippen LogP contribution in [0.15, 0.2) is 4.52 Å². The van der Waals surface area contributed by atoms with Crippen LogP contribution < -0.4 is 5.73 Å². The number of nitrogens with two attached hydrogens (primary N) is 1. The Hall–Kier alpha value is -0.550. The third-order valence-corrected chi connectivity index (χ3v) is 3.33. The lowest BCUT2D eigenvalue weighted by Crippen LogP contribution is -2.18. The van der Waals surface area contributed by atoms with Gasteiger partial charge in [-0.1, -0.05) is 32.3 Å². The van der Waals surface area contributed by atoms with Crippen LogP contribution in [-0.4, -0.2) is 15.9 Å². The molecule has 2 unspecified atom stereocenters. The molecule has 0 saturated carbocycles. The smallest absolute Gasteiger partial charge is 0.243 e. The van der Waals surface area contributed by atoms with Crippen molar-refractivity contribution in [3.05, 3.63) is 11.7 Å². The zero-order valence-electron chi connectivity index (χ0n) is 9.56. The lowest BCUT2D eigenvalue weighted by molar-refractivity contribution is 0.311. The molecule has 1 heterocycles. The highest BCUT2D eigenvalue weighted by Crippen LogP contribution is 2.20. The quantitative estimate of drug-likeness (QED) is 0.811. The van der Waals surface area contributed by atoms with Gasteiger partial charge in [0.25, 0.3) is 0 Å². The molecule has 0 amide bonds. The van der Waals surface area contributed by atoms with Gasteiger partial charge < -0.3 is 10.3 Å². The highest BCUT2D eigenvalue weighted by Gasteiger charge is 2.19. The Morgan fingerprint density at radius 2 is 2.20 bits per heavy atom. The van der Waals surface area contributed by atoms with Crippen molar-refractivity contribution in [3.8, 4) is 0 Å². The summed E-state index contributed by atoms with van der Waals surface area (Å²) in [6.07, 6.45) is 1.02. The van der Waals surface area contributed by atoms with Gasteiger partial charge in [-0.3, -0.25) is 0 Å². The second-order valence-corrected chi connectivity index (χ2v) is 4.87. The first kappa shape index (κ1) is 12.5. The van der Waals surface area contributed by atoms with E-state index in [1.165, 1.54) is 0 Å². The van der Waals surface area contributed by atoms with Gasteiger partial charge in [-0.05, 0) is 11.7 Å². The molecule has 0 fully saturated rings. The second kappa shape index (κ2) is 6.12. The van der Waals surface area contributed by atoms with Gasteiger partial charge in [-0.15, -0.1) is 0 Å². The van der Waals surface area contributed by atoms with Crippen molar-refractivity contribution in [3.63, 3.8) is 0 Å². The molecule has 2 atom stereocenters. The molecular formula is C10H19N3OS. The van der Waals surface area contributed by atoms with Crippen LogP contribution in [0.2, 0.25) is 0 Å². The second-order valence-electron chi connectivity index (χ2n) is 3.60. The van der Waals surface area contributed by atoms with Gasteiger partial charge in [0, 0.05) is 0 Å². The van der Waals surface area contributed by atoms with Crippen LogP contribution in [0.3, 0.4) is 0 Å². The minimum Gasteiger partial charge on any atom is -0.338 e. The average Bonchev–Trinajstić information content (AvgIpc) is 2.72. The molecular weight excluding hydrogens is 210 g/mol. The SMILES string of the molecule is CCSCc1noc(C(N)C(C)CC)n1. The monoisotopic (exact) mass is 229 g/mol. The minimum absolute atomic E-state index is 0.136. The maximum atomic E-state index is 5.99. The third-order valence-electron chi connectivity index (χ3n) is 2.46. The van der Waals surface area contributed by atoms with Crippen LogP contribution in [0.1, 0.15) is 44.9 Å². The molecule has 15 heavy (non-hydrogen) atoms. The summed E-state index contributed by atoms with van der Waals surface area (Å²) >= 11 is 1.77. The van der Waals surface area contributed by atoms with E-state index in [1.54, 1.807) is 11.8 Å². The average molecular weight is 229 g/mol. The van der Waals surface area contributed by atoms with Crippen LogP contribution in [-0.2, 0) is 5.75 Å². The molecule has 2 N–H and O–H groups in total. The van der Waals surface area contributed by atoms with Crippen LogP contribution in [0, 0.1) is 5.92 Å². The third kappa shape index (κ3) is 3.50. The molecule has 0 saturated heterocycles. The van der Waals surface area contributed by atoms with E-state index in [9.17, 15) is 0 Å². The first-order chi connectivity index (χ1) is 7.19. The van der Waals surface area contributed by atoms with E-state index in [4.69, 9.17) is 10.3 Å². The molecule has 1 aromatic rings. The molecule has 1 aromatic heterocycles. The molecule has 0 aliphatic carbocycles. The van der Waals surface area contributed by atoms with E-state index in [-0.39, 0.29) is 6.04 Å². The van der Waals surface area contributed by atoms with Gasteiger partial charge in [-0.2, -0.15) is 16.7 Å². The van der Waals surface area contributed by atoms with Gasteiger partial charge in [-0.25, -0.2) is 0 Å². The van der Waals surface area contributed by atoms with Crippen LogP contribution >= 0.6 is 11.8 Å². The standard InChI is InChI=1S/C10H19N3OS/c1-4-7(3)9(11)10-12-8(13-14-10)6-15-5-2/h7,9H,4-6,11H2,1-3H3. The summed E-state index contributed by atoms with van der Waals surface area (Å²) in [5, 5.41) is 3.90. The largest absolute Gasteiger partial charge is 0.338 e. The van der Waals surface area contributed by atoms with Crippen molar-refractivity contribution in [2.24, 2.45) is 11.7 Å². The summed E-state index contributed by atoms with van der Waals surface area (Å²) in [5.41, 5.74) is 5.99. The normalized spacial score (nSPS) is 15.2. The maximum Gasteiger partial charge on any atom is 0.243 e. The van der Waals surface area contributed by atoms with Crippen molar-refractivity contribution in [1.82, 2.24) is 10.1 Å². The summed E-state index contributed by atoms with van der Waals surface area (Å²) < 4.78 is 5.15. The predicted octanol–water partition coefficient (Wildman–Crippen LogP) is 2.37. The fraction of sp³-hybridized carbons (Fsp3) is 0.800. The molecule has 0 aliphatic rings. The Morgan fingerprint density at radius 1 is 1.47 bits per heavy atom. The number of nitrogens with zero attached hydrogens (tertiary/aromatic N) is 2. The van der Waals surface area contributed by atoms with Gasteiger partial charge in [0.2, 0.25) is 5.89 Å². The highest BCUT2D eigenvalue weighted by atomic mass is 32.2. The van der Waals surface area contributed by atoms with Crippen molar-refractivity contribution in [2.75, 3.05) is 5.75 Å². The predicted molar refractivity (Wildman–Crippen MR) is 62.5 cm³/mol. The van der Waals surface area contributed by atoms with E-state index in [0.717, 1.165) is 23.8 Å². The van der Waals surface area contributed by atoms with E-state index < -0.39 is 0 Å². The Kier molecular flexibility index (Phi) is 5.11. The van der Waals surface area contributed by atoms with E-state index >= 15 is 0 Å². The highest BCUT2D eigenvalue weighted by molar-refractivity contribution is 7.98. The first-order valence-corrected chi connectivity index (χ1v) is 6.50. The summed E-state index contributed by atoms with van der Waals surface area (Å²) in [7, 11) is 0. The lowest BCUT2D eigenvalue weighted by Gasteiger charge is -2.12. The van der Waals surface area contributed by atoms with Crippen molar-refractivity contribution in [2.45, 2.75) is 39.0 Å². The van der Waals surface area contributed by atoms with E-state index in [1.807, 2.05) is 0 Å². The van der Waals surface area contributed by atoms with Crippen molar-refractivity contribution >= 4 is 11.8 Å². The zero-order valence-corrected chi connectivity index (χ0v) is 10.4. The van der Waals surface area contributed by atoms with Gasteiger partial charge in [0.05, 0.1) is 11.8 Å². The number of hydrogen-bond acceptors (Lipinski definition) is 5. The zero-order chi connectivity index (χ0) is 11.3. The molecule has 4 nitrogen and oxygen atoms in total. The fourth-order valence-electron chi connectivity index (χ4n) is 1.15. The number of aromatic nitrogens is 2. The number of thioether (sulfide) groups is 1. The van der Waals surface area contributed by atoms with Crippen LogP contribution in [0.5, 0.6) is 0 Å². The molecule has 0 aliphatic heterocycles. The van der Waals surface area contributed by atoms with Crippen LogP contribution in [0.4, 0.5) is 0 Å². The van der Waals surface area contributed by atoms with E-state index in [2.05, 4.69) is 30.9 Å². The molecule has 0 bridgehead atoms. The lowest BCUT2D eigenvalue weighted by atomic mass is 10.0. The van der Waals surface area contributed by atoms with Gasteiger partial charge >= 0.3 is 0 Å². The Bertz CT molecular complexity index is 290. The molecule has 86 valence electrons. The van der Waals surface area contributed by atoms with E-state index in [0.29, 0.717) is 11.8 Å². The van der Waals surface area contributed by atoms with Crippen LogP contribution in [0.25, 0.3) is 0 Å². The summed E-state index contributed by atoms with van der Waals surface area (Å²) in [5.74, 6) is 3.54. The molecule has 5 heteroatoms. The van der Waals surface area contributed by atoms with Gasteiger partial charge in [0.1, 0.15) is 0 Å². The summed E-state index contributed by atoms with van der Waals surface area (Å²) in [4.78, 5) is 4.29. The topological polar surface area (TPSA) is 64.9 Å². The summed E-state index contributed by atoms with van der Waals surface area (Å²) in [6, 6.07) is -0.136. The Labute approximate surface area is 95.0 Å². The molecule has 0 spiro atoms. The molecule has 0 aromatic carbocycles. The Balaban J connectivity index is 2.58. The molecule has 0 radical (unpaired) electrons.